The van der Waals surface area contributed by atoms with Crippen LogP contribution in [0.4, 0.5) is 13.2 Å². The molecule has 2 aromatic heterocycles. The molecule has 0 aliphatic rings. The molecule has 176 valence electrons. The molecule has 0 saturated heterocycles. The molecule has 0 saturated carbocycles. The van der Waals surface area contributed by atoms with E-state index in [1.54, 1.807) is 0 Å². The van der Waals surface area contributed by atoms with E-state index in [-0.39, 0.29) is 29.4 Å². The van der Waals surface area contributed by atoms with E-state index in [1.807, 2.05) is 13.1 Å². The van der Waals surface area contributed by atoms with Gasteiger partial charge < -0.3 is 15.3 Å². The highest BCUT2D eigenvalue weighted by atomic mass is 35.5. The molecule has 2 rings (SSSR count). The molecule has 2 aromatic rings. The number of carboxylic acid groups (broad SMARTS) is 3. The number of aromatic nitrogens is 2. The van der Waals surface area contributed by atoms with E-state index in [4.69, 9.17) is 26.9 Å². The van der Waals surface area contributed by atoms with Crippen molar-refractivity contribution in [2.45, 2.75) is 44.2 Å². The minimum absolute atomic E-state index is 0.0722. The molecule has 2 heterocycles. The maximum atomic E-state index is 12.4. The van der Waals surface area contributed by atoms with Crippen molar-refractivity contribution in [2.24, 2.45) is 0 Å². The summed E-state index contributed by atoms with van der Waals surface area (Å²) in [5, 5.41) is 25.6. The SMILES string of the molecule is C[Si](C)(CCC(=O)O)CCC(=O)O.O=C(O)c1cccn1-c1ncc(C(F)(F)F)cc1Cl. The zero-order chi connectivity index (χ0) is 24.7. The standard InChI is InChI=1S/C11H6ClF3N2O2.C8H16O4Si/c12-7-4-6(11(13,14)15)5-16-9(7)17-3-1-2-8(17)10(18)19;1-13(2,5-3-7(9)10)6-4-8(11)12/h1-5H,(H,18,19);3-6H2,1-2H3,(H,9,10)(H,11,12). The number of hydrogen-bond donors (Lipinski definition) is 3. The van der Waals surface area contributed by atoms with E-state index in [0.29, 0.717) is 24.4 Å². The summed E-state index contributed by atoms with van der Waals surface area (Å²) in [7, 11) is -1.59. The second kappa shape index (κ2) is 11.1. The van der Waals surface area contributed by atoms with Gasteiger partial charge in [-0.3, -0.25) is 14.2 Å². The fourth-order valence-electron chi connectivity index (χ4n) is 2.52. The minimum Gasteiger partial charge on any atom is -0.481 e. The average molecular weight is 495 g/mol. The third-order valence-corrected chi connectivity index (χ3v) is 7.86. The van der Waals surface area contributed by atoms with Crippen molar-refractivity contribution < 1.29 is 42.9 Å². The first-order valence-corrected chi connectivity index (χ1v) is 13.0. The van der Waals surface area contributed by atoms with Crippen LogP contribution < -0.4 is 0 Å². The third-order valence-electron chi connectivity index (χ3n) is 4.38. The van der Waals surface area contributed by atoms with Gasteiger partial charge in [0.15, 0.2) is 5.82 Å². The summed E-state index contributed by atoms with van der Waals surface area (Å²) in [5.74, 6) is -2.90. The lowest BCUT2D eigenvalue weighted by Gasteiger charge is -2.19. The van der Waals surface area contributed by atoms with Crippen LogP contribution in [0.15, 0.2) is 30.6 Å². The number of nitrogens with zero attached hydrogens (tertiary/aromatic N) is 2. The number of aliphatic carboxylic acids is 2. The zero-order valence-corrected chi connectivity index (χ0v) is 18.9. The predicted molar refractivity (Wildman–Crippen MR) is 112 cm³/mol. The maximum absolute atomic E-state index is 12.4. The van der Waals surface area contributed by atoms with Crippen molar-refractivity contribution in [1.29, 1.82) is 0 Å². The minimum atomic E-state index is -4.55. The summed E-state index contributed by atoms with van der Waals surface area (Å²) in [5.41, 5.74) is -1.14. The van der Waals surface area contributed by atoms with Crippen LogP contribution in [0, 0.1) is 0 Å². The van der Waals surface area contributed by atoms with E-state index >= 15 is 0 Å². The summed E-state index contributed by atoms with van der Waals surface area (Å²) in [6.07, 6.45) is -2.27. The van der Waals surface area contributed by atoms with Crippen molar-refractivity contribution in [1.82, 2.24) is 9.55 Å². The molecule has 3 N–H and O–H groups in total. The number of pyridine rings is 1. The molecule has 0 bridgehead atoms. The van der Waals surface area contributed by atoms with Crippen LogP contribution in [-0.2, 0) is 15.8 Å². The van der Waals surface area contributed by atoms with Crippen LogP contribution in [0.5, 0.6) is 0 Å². The molecule has 0 radical (unpaired) electrons. The Labute approximate surface area is 187 Å². The van der Waals surface area contributed by atoms with E-state index in [1.165, 1.54) is 18.3 Å². The Balaban J connectivity index is 0.000000347. The van der Waals surface area contributed by atoms with Crippen LogP contribution in [0.25, 0.3) is 5.82 Å². The highest BCUT2D eigenvalue weighted by molar-refractivity contribution is 6.77. The number of aromatic carboxylic acids is 1. The molecule has 0 amide bonds. The van der Waals surface area contributed by atoms with Crippen molar-refractivity contribution in [3.05, 3.63) is 46.9 Å². The first-order valence-electron chi connectivity index (χ1n) is 9.21. The topological polar surface area (TPSA) is 130 Å². The Bertz CT molecular complexity index is 958. The highest BCUT2D eigenvalue weighted by Crippen LogP contribution is 2.32. The van der Waals surface area contributed by atoms with Gasteiger partial charge in [-0.15, -0.1) is 0 Å². The number of rotatable bonds is 8. The Hall–Kier alpha value is -2.86. The molecule has 0 aliphatic carbocycles. The number of carboxylic acids is 3. The molecule has 0 fully saturated rings. The van der Waals surface area contributed by atoms with Crippen molar-refractivity contribution in [3.8, 4) is 5.82 Å². The molecule has 0 aromatic carbocycles. The number of halogens is 4. The highest BCUT2D eigenvalue weighted by Gasteiger charge is 2.32. The number of hydrogen-bond acceptors (Lipinski definition) is 4. The monoisotopic (exact) mass is 494 g/mol. The summed E-state index contributed by atoms with van der Waals surface area (Å²) in [6.45, 7) is 4.05. The Kier molecular flexibility index (Phi) is 9.45. The smallest absolute Gasteiger partial charge is 0.417 e. The normalized spacial score (nSPS) is 11.4. The van der Waals surface area contributed by atoms with Gasteiger partial charge in [-0.1, -0.05) is 24.7 Å². The summed E-state index contributed by atoms with van der Waals surface area (Å²) < 4.78 is 38.5. The van der Waals surface area contributed by atoms with Gasteiger partial charge in [-0.2, -0.15) is 13.2 Å². The zero-order valence-electron chi connectivity index (χ0n) is 17.2. The van der Waals surface area contributed by atoms with Gasteiger partial charge >= 0.3 is 24.1 Å². The molecule has 0 unspecified atom stereocenters. The van der Waals surface area contributed by atoms with E-state index < -0.39 is 37.7 Å². The summed E-state index contributed by atoms with van der Waals surface area (Å²) in [6, 6.07) is 4.75. The Morgan fingerprint density at radius 1 is 1.09 bits per heavy atom. The second-order valence-electron chi connectivity index (χ2n) is 7.55. The second-order valence-corrected chi connectivity index (χ2v) is 13.3. The van der Waals surface area contributed by atoms with Crippen molar-refractivity contribution >= 4 is 37.6 Å². The first-order chi connectivity index (χ1) is 14.6. The van der Waals surface area contributed by atoms with Gasteiger partial charge in [0, 0.05) is 33.3 Å². The Morgan fingerprint density at radius 2 is 1.62 bits per heavy atom. The van der Waals surface area contributed by atoms with Gasteiger partial charge in [0.1, 0.15) is 5.69 Å². The fraction of sp³-hybridized carbons (Fsp3) is 0.368. The van der Waals surface area contributed by atoms with Crippen molar-refractivity contribution in [3.63, 3.8) is 0 Å². The average Bonchev–Trinajstić information content (AvgIpc) is 3.14. The van der Waals surface area contributed by atoms with Crippen LogP contribution in [0.1, 0.15) is 28.9 Å². The van der Waals surface area contributed by atoms with Crippen LogP contribution in [0.2, 0.25) is 30.2 Å². The molecule has 0 spiro atoms. The van der Waals surface area contributed by atoms with Crippen LogP contribution in [0.3, 0.4) is 0 Å². The molecule has 8 nitrogen and oxygen atoms in total. The fourth-order valence-corrected chi connectivity index (χ4v) is 4.81. The summed E-state index contributed by atoms with van der Waals surface area (Å²) >= 11 is 5.73. The predicted octanol–water partition coefficient (Wildman–Crippen LogP) is 4.89. The van der Waals surface area contributed by atoms with Crippen LogP contribution in [-0.4, -0.2) is 50.9 Å². The van der Waals surface area contributed by atoms with Gasteiger partial charge in [-0.05, 0) is 30.3 Å². The third kappa shape index (κ3) is 8.71. The lowest BCUT2D eigenvalue weighted by Crippen LogP contribution is -2.26. The summed E-state index contributed by atoms with van der Waals surface area (Å²) in [4.78, 5) is 35.1. The molecule has 13 heteroatoms. The largest absolute Gasteiger partial charge is 0.481 e. The lowest BCUT2D eigenvalue weighted by molar-refractivity contribution is -0.138. The molecule has 32 heavy (non-hydrogen) atoms. The first kappa shape index (κ1) is 27.2. The molecule has 0 aliphatic heterocycles. The number of alkyl halides is 3. The van der Waals surface area contributed by atoms with Gasteiger partial charge in [0.05, 0.1) is 10.6 Å². The van der Waals surface area contributed by atoms with E-state index in [2.05, 4.69) is 4.98 Å². The lowest BCUT2D eigenvalue weighted by atomic mass is 10.2. The number of carbonyl (C=O) groups is 3. The molecular formula is C19H22ClF3N2O6Si. The maximum Gasteiger partial charge on any atom is 0.417 e. The molecular weight excluding hydrogens is 473 g/mol. The quantitative estimate of drug-likeness (QED) is 0.445. The van der Waals surface area contributed by atoms with Gasteiger partial charge in [0.2, 0.25) is 0 Å². The van der Waals surface area contributed by atoms with Crippen LogP contribution >= 0.6 is 11.6 Å². The van der Waals surface area contributed by atoms with Gasteiger partial charge in [-0.25, -0.2) is 9.78 Å². The van der Waals surface area contributed by atoms with Crippen molar-refractivity contribution in [2.75, 3.05) is 0 Å². The molecule has 0 atom stereocenters. The van der Waals surface area contributed by atoms with E-state index in [9.17, 15) is 27.6 Å². The van der Waals surface area contributed by atoms with Gasteiger partial charge in [0.25, 0.3) is 0 Å². The van der Waals surface area contributed by atoms with E-state index in [0.717, 1.165) is 4.57 Å². The Morgan fingerprint density at radius 3 is 2.03 bits per heavy atom.